The van der Waals surface area contributed by atoms with Gasteiger partial charge in [-0.1, -0.05) is 0 Å². The van der Waals surface area contributed by atoms with Crippen molar-refractivity contribution in [3.63, 3.8) is 0 Å². The van der Waals surface area contributed by atoms with Crippen molar-refractivity contribution in [1.29, 1.82) is 0 Å². The number of anilines is 1. The second-order valence-electron chi connectivity index (χ2n) is 5.66. The van der Waals surface area contributed by atoms with Gasteiger partial charge in [0, 0.05) is 29.9 Å². The van der Waals surface area contributed by atoms with Crippen molar-refractivity contribution in [2.45, 2.75) is 6.54 Å². The maximum atomic E-state index is 12.5. The number of benzene rings is 2. The maximum absolute atomic E-state index is 12.5. The van der Waals surface area contributed by atoms with Crippen molar-refractivity contribution in [1.82, 2.24) is 5.32 Å². The molecule has 4 rings (SSSR count). The van der Waals surface area contributed by atoms with Gasteiger partial charge in [-0.3, -0.25) is 4.79 Å². The van der Waals surface area contributed by atoms with Crippen LogP contribution in [0, 0.1) is 0 Å². The van der Waals surface area contributed by atoms with E-state index in [9.17, 15) is 4.79 Å². The Hall–Kier alpha value is -2.73. The number of nitrogens with one attached hydrogen (secondary N) is 2. The van der Waals surface area contributed by atoms with Gasteiger partial charge in [-0.25, -0.2) is 0 Å². The lowest BCUT2D eigenvalue weighted by atomic mass is 10.1. The first kappa shape index (κ1) is 14.8. The zero-order valence-corrected chi connectivity index (χ0v) is 13.1. The van der Waals surface area contributed by atoms with E-state index in [-0.39, 0.29) is 5.91 Å². The van der Waals surface area contributed by atoms with E-state index < -0.39 is 0 Å². The fraction of sp³-hybridized carbons (Fsp3) is 0.278. The van der Waals surface area contributed by atoms with Gasteiger partial charge in [0.05, 0.1) is 0 Å². The molecule has 2 aliphatic heterocycles. The Bertz CT molecular complexity index is 776. The summed E-state index contributed by atoms with van der Waals surface area (Å²) in [5.41, 5.74) is 2.30. The van der Waals surface area contributed by atoms with Gasteiger partial charge in [-0.05, 0) is 36.4 Å². The molecule has 2 aliphatic rings. The van der Waals surface area contributed by atoms with Crippen molar-refractivity contribution in [3.05, 3.63) is 47.5 Å². The highest BCUT2D eigenvalue weighted by Gasteiger charge is 2.16. The quantitative estimate of drug-likeness (QED) is 0.885. The van der Waals surface area contributed by atoms with Crippen LogP contribution in [0.3, 0.4) is 0 Å². The Morgan fingerprint density at radius 1 is 0.917 bits per heavy atom. The lowest BCUT2D eigenvalue weighted by Gasteiger charge is -2.18. The number of carbonyl (C=O) groups is 1. The highest BCUT2D eigenvalue weighted by Crippen LogP contribution is 2.31. The summed E-state index contributed by atoms with van der Waals surface area (Å²) >= 11 is 0. The Labute approximate surface area is 139 Å². The summed E-state index contributed by atoms with van der Waals surface area (Å²) in [6.45, 7) is 3.21. The number of fused-ring (bicyclic) bond motifs is 2. The largest absolute Gasteiger partial charge is 0.492 e. The van der Waals surface area contributed by atoms with Crippen LogP contribution in [0.1, 0.15) is 15.9 Å². The first-order valence-corrected chi connectivity index (χ1v) is 7.97. The van der Waals surface area contributed by atoms with Crippen molar-refractivity contribution in [2.24, 2.45) is 0 Å². The third kappa shape index (κ3) is 3.00. The monoisotopic (exact) mass is 326 g/mol. The smallest absolute Gasteiger partial charge is 0.255 e. The molecule has 1 amide bonds. The molecule has 6 heteroatoms. The minimum Gasteiger partial charge on any atom is -0.492 e. The van der Waals surface area contributed by atoms with E-state index >= 15 is 0 Å². The number of hydrogen-bond acceptors (Lipinski definition) is 5. The van der Waals surface area contributed by atoms with Crippen LogP contribution in [0.2, 0.25) is 0 Å². The van der Waals surface area contributed by atoms with Crippen LogP contribution < -0.4 is 24.8 Å². The van der Waals surface area contributed by atoms with Gasteiger partial charge < -0.3 is 24.8 Å². The summed E-state index contributed by atoms with van der Waals surface area (Å²) in [4.78, 5) is 12.5. The molecule has 0 fully saturated rings. The standard InChI is InChI=1S/C18H18N2O4/c21-18(12-1-3-16-17(10-12)24-8-7-23-16)20-14-2-4-15-13(9-14)11-19-5-6-22-15/h1-4,9-10,19H,5-8,11H2,(H,20,21). The topological polar surface area (TPSA) is 68.8 Å². The summed E-state index contributed by atoms with van der Waals surface area (Å²) in [6, 6.07) is 10.9. The third-order valence-electron chi connectivity index (χ3n) is 3.97. The zero-order valence-electron chi connectivity index (χ0n) is 13.1. The molecule has 6 nitrogen and oxygen atoms in total. The molecule has 24 heavy (non-hydrogen) atoms. The van der Waals surface area contributed by atoms with Gasteiger partial charge in [0.25, 0.3) is 5.91 Å². The molecule has 0 spiro atoms. The summed E-state index contributed by atoms with van der Waals surface area (Å²) in [7, 11) is 0. The lowest BCUT2D eigenvalue weighted by Crippen LogP contribution is -2.17. The molecule has 0 aromatic heterocycles. The van der Waals surface area contributed by atoms with Crippen LogP contribution in [0.15, 0.2) is 36.4 Å². The normalized spacial score (nSPS) is 15.7. The van der Waals surface area contributed by atoms with E-state index in [1.807, 2.05) is 18.2 Å². The highest BCUT2D eigenvalue weighted by molar-refractivity contribution is 6.04. The third-order valence-corrected chi connectivity index (χ3v) is 3.97. The molecular weight excluding hydrogens is 308 g/mol. The average molecular weight is 326 g/mol. The van der Waals surface area contributed by atoms with Crippen LogP contribution in [-0.2, 0) is 6.54 Å². The fourth-order valence-corrected chi connectivity index (χ4v) is 2.78. The molecule has 2 aromatic rings. The summed E-state index contributed by atoms with van der Waals surface area (Å²) in [5, 5.41) is 6.20. The predicted octanol–water partition coefficient (Wildman–Crippen LogP) is 2.19. The van der Waals surface area contributed by atoms with Gasteiger partial charge in [0.15, 0.2) is 11.5 Å². The van der Waals surface area contributed by atoms with E-state index in [1.165, 1.54) is 0 Å². The van der Waals surface area contributed by atoms with E-state index in [2.05, 4.69) is 10.6 Å². The minimum absolute atomic E-state index is 0.186. The molecule has 2 N–H and O–H groups in total. The predicted molar refractivity (Wildman–Crippen MR) is 89.0 cm³/mol. The van der Waals surface area contributed by atoms with Crippen LogP contribution in [0.5, 0.6) is 17.2 Å². The van der Waals surface area contributed by atoms with Crippen LogP contribution in [0.25, 0.3) is 0 Å². The molecular formula is C18H18N2O4. The Kier molecular flexibility index (Phi) is 3.96. The maximum Gasteiger partial charge on any atom is 0.255 e. The van der Waals surface area contributed by atoms with Gasteiger partial charge in [0.2, 0.25) is 0 Å². The molecule has 0 bridgehead atoms. The summed E-state index contributed by atoms with van der Waals surface area (Å²) in [6.07, 6.45) is 0. The second-order valence-corrected chi connectivity index (χ2v) is 5.66. The van der Waals surface area contributed by atoms with Crippen LogP contribution in [-0.4, -0.2) is 32.3 Å². The Morgan fingerprint density at radius 2 is 1.71 bits per heavy atom. The molecule has 0 atom stereocenters. The molecule has 0 saturated carbocycles. The first-order valence-electron chi connectivity index (χ1n) is 7.97. The molecule has 124 valence electrons. The fourth-order valence-electron chi connectivity index (χ4n) is 2.78. The highest BCUT2D eigenvalue weighted by atomic mass is 16.6. The van der Waals surface area contributed by atoms with Crippen LogP contribution in [0.4, 0.5) is 5.69 Å². The second kappa shape index (κ2) is 6.41. The Balaban J connectivity index is 1.53. The van der Waals surface area contributed by atoms with E-state index in [4.69, 9.17) is 14.2 Å². The summed E-state index contributed by atoms with van der Waals surface area (Å²) in [5.74, 6) is 1.95. The van der Waals surface area contributed by atoms with Gasteiger partial charge in [0.1, 0.15) is 25.6 Å². The van der Waals surface area contributed by atoms with Gasteiger partial charge >= 0.3 is 0 Å². The summed E-state index contributed by atoms with van der Waals surface area (Å²) < 4.78 is 16.6. The van der Waals surface area contributed by atoms with E-state index in [0.717, 1.165) is 30.1 Å². The molecule has 2 aromatic carbocycles. The van der Waals surface area contributed by atoms with Crippen molar-refractivity contribution in [2.75, 3.05) is 31.7 Å². The zero-order chi connectivity index (χ0) is 16.4. The van der Waals surface area contributed by atoms with Crippen molar-refractivity contribution in [3.8, 4) is 17.2 Å². The number of amides is 1. The molecule has 0 unspecified atom stereocenters. The van der Waals surface area contributed by atoms with Crippen LogP contribution >= 0.6 is 0 Å². The Morgan fingerprint density at radius 3 is 2.62 bits per heavy atom. The van der Waals surface area contributed by atoms with Gasteiger partial charge in [-0.2, -0.15) is 0 Å². The van der Waals surface area contributed by atoms with E-state index in [1.54, 1.807) is 18.2 Å². The lowest BCUT2D eigenvalue weighted by molar-refractivity contribution is 0.102. The minimum atomic E-state index is -0.186. The molecule has 0 saturated heterocycles. The number of rotatable bonds is 2. The first-order chi connectivity index (χ1) is 11.8. The molecule has 0 aliphatic carbocycles. The molecule has 2 heterocycles. The SMILES string of the molecule is O=C(Nc1ccc2c(c1)CNCCO2)c1ccc2c(c1)OCCO2. The van der Waals surface area contributed by atoms with Crippen molar-refractivity contribution >= 4 is 11.6 Å². The number of hydrogen-bond donors (Lipinski definition) is 2. The van der Waals surface area contributed by atoms with Crippen molar-refractivity contribution < 1.29 is 19.0 Å². The van der Waals surface area contributed by atoms with E-state index in [0.29, 0.717) is 36.9 Å². The molecule has 0 radical (unpaired) electrons. The average Bonchev–Trinajstić information content (AvgIpc) is 2.86. The number of ether oxygens (including phenoxy) is 3. The number of carbonyl (C=O) groups excluding carboxylic acids is 1. The van der Waals surface area contributed by atoms with Gasteiger partial charge in [-0.15, -0.1) is 0 Å².